The minimum Gasteiger partial charge on any atom is -0.486 e. The molecule has 0 spiro atoms. The molecular formula is C22H23N3O3. The second-order valence-electron chi connectivity index (χ2n) is 6.71. The zero-order valence-electron chi connectivity index (χ0n) is 15.8. The average molecular weight is 377 g/mol. The highest BCUT2D eigenvalue weighted by Crippen LogP contribution is 2.31. The summed E-state index contributed by atoms with van der Waals surface area (Å²) in [6.07, 6.45) is 4.42. The number of ether oxygens (including phenoxy) is 2. The first-order chi connectivity index (χ1) is 13.7. The molecule has 2 aromatic carbocycles. The van der Waals surface area contributed by atoms with Crippen molar-refractivity contribution in [2.24, 2.45) is 0 Å². The molecule has 0 saturated carbocycles. The molecule has 6 nitrogen and oxygen atoms in total. The minimum absolute atomic E-state index is 0.0681. The number of amides is 1. The summed E-state index contributed by atoms with van der Waals surface area (Å²) in [6, 6.07) is 15.2. The molecule has 0 radical (unpaired) electrons. The normalized spacial score (nSPS) is 15.2. The Balaban J connectivity index is 1.32. The topological polar surface area (TPSA) is 65.4 Å². The molecule has 28 heavy (non-hydrogen) atoms. The Morgan fingerprint density at radius 1 is 1.18 bits per heavy atom. The summed E-state index contributed by atoms with van der Waals surface area (Å²) in [5.74, 6) is 1.43. The van der Waals surface area contributed by atoms with Crippen molar-refractivity contribution in [3.8, 4) is 22.6 Å². The van der Waals surface area contributed by atoms with Gasteiger partial charge in [0, 0.05) is 36.8 Å². The van der Waals surface area contributed by atoms with Crippen molar-refractivity contribution in [1.29, 1.82) is 0 Å². The first-order valence-corrected chi connectivity index (χ1v) is 9.52. The molecule has 6 heteroatoms. The van der Waals surface area contributed by atoms with Crippen molar-refractivity contribution in [1.82, 2.24) is 15.1 Å². The highest BCUT2D eigenvalue weighted by molar-refractivity contribution is 5.95. The van der Waals surface area contributed by atoms with Crippen molar-refractivity contribution in [2.45, 2.75) is 26.0 Å². The molecule has 0 saturated heterocycles. The molecule has 144 valence electrons. The quantitative estimate of drug-likeness (QED) is 0.714. The average Bonchev–Trinajstić information content (AvgIpc) is 3.23. The Kier molecular flexibility index (Phi) is 5.28. The van der Waals surface area contributed by atoms with Gasteiger partial charge in [-0.25, -0.2) is 0 Å². The molecule has 1 N–H and O–H groups in total. The van der Waals surface area contributed by atoms with E-state index in [0.717, 1.165) is 29.2 Å². The van der Waals surface area contributed by atoms with Crippen molar-refractivity contribution in [3.05, 3.63) is 66.5 Å². The number of aromatic nitrogens is 2. The van der Waals surface area contributed by atoms with Gasteiger partial charge in [-0.05, 0) is 36.8 Å². The first-order valence-electron chi connectivity index (χ1n) is 9.52. The fourth-order valence-electron chi connectivity index (χ4n) is 3.18. The molecular weight excluding hydrogens is 354 g/mol. The summed E-state index contributed by atoms with van der Waals surface area (Å²) >= 11 is 0. The highest BCUT2D eigenvalue weighted by Gasteiger charge is 2.20. The van der Waals surface area contributed by atoms with Crippen LogP contribution < -0.4 is 14.8 Å². The van der Waals surface area contributed by atoms with Crippen molar-refractivity contribution < 1.29 is 14.3 Å². The van der Waals surface area contributed by atoms with Crippen LogP contribution in [0.4, 0.5) is 0 Å². The van der Waals surface area contributed by atoms with Crippen LogP contribution in [-0.2, 0) is 6.54 Å². The molecule has 1 aliphatic rings. The number of carbonyl (C=O) groups excluding carboxylic acids is 1. The van der Waals surface area contributed by atoms with Crippen molar-refractivity contribution >= 4 is 5.91 Å². The third-order valence-corrected chi connectivity index (χ3v) is 4.73. The van der Waals surface area contributed by atoms with E-state index in [1.807, 2.05) is 72.5 Å². The lowest BCUT2D eigenvalue weighted by molar-refractivity contribution is 0.0813. The number of hydrogen-bond donors (Lipinski definition) is 1. The molecule has 0 aliphatic carbocycles. The molecule has 0 bridgehead atoms. The second kappa shape index (κ2) is 8.17. The lowest BCUT2D eigenvalue weighted by Crippen LogP contribution is -2.34. The molecule has 3 aromatic rings. The van der Waals surface area contributed by atoms with E-state index in [2.05, 4.69) is 10.4 Å². The molecule has 2 heterocycles. The maximum Gasteiger partial charge on any atom is 0.251 e. The van der Waals surface area contributed by atoms with Gasteiger partial charge in [-0.15, -0.1) is 0 Å². The van der Waals surface area contributed by atoms with E-state index in [1.165, 1.54) is 0 Å². The van der Waals surface area contributed by atoms with Crippen molar-refractivity contribution in [3.63, 3.8) is 0 Å². The van der Waals surface area contributed by atoms with E-state index < -0.39 is 0 Å². The van der Waals surface area contributed by atoms with E-state index in [4.69, 9.17) is 9.47 Å². The van der Waals surface area contributed by atoms with Crippen LogP contribution in [0.1, 0.15) is 23.7 Å². The standard InChI is InChI=1S/C22H23N3O3/c1-2-25-14-18(13-24-25)16-6-5-7-17(12-16)22(26)23-11-10-19-15-27-20-8-3-4-9-21(20)28-19/h3-9,12-14,19H,2,10-11,15H2,1H3,(H,23,26)/t19-/m1/s1. The largest absolute Gasteiger partial charge is 0.486 e. The van der Waals surface area contributed by atoms with Gasteiger partial charge in [0.1, 0.15) is 12.7 Å². The van der Waals surface area contributed by atoms with Gasteiger partial charge in [0.15, 0.2) is 11.5 Å². The summed E-state index contributed by atoms with van der Waals surface area (Å²) in [5.41, 5.74) is 2.61. The summed E-state index contributed by atoms with van der Waals surface area (Å²) in [7, 11) is 0. The Labute approximate surface area is 164 Å². The number of para-hydroxylation sites is 2. The third kappa shape index (κ3) is 4.01. The summed E-state index contributed by atoms with van der Waals surface area (Å²) < 4.78 is 13.5. The number of aryl methyl sites for hydroxylation is 1. The number of nitrogens with one attached hydrogen (secondary N) is 1. The first kappa shape index (κ1) is 18.1. The monoisotopic (exact) mass is 377 g/mol. The van der Waals surface area contributed by atoms with Gasteiger partial charge >= 0.3 is 0 Å². The third-order valence-electron chi connectivity index (χ3n) is 4.73. The smallest absolute Gasteiger partial charge is 0.251 e. The predicted molar refractivity (Wildman–Crippen MR) is 107 cm³/mol. The van der Waals surface area contributed by atoms with Crippen LogP contribution >= 0.6 is 0 Å². The van der Waals surface area contributed by atoms with Gasteiger partial charge < -0.3 is 14.8 Å². The molecule has 1 atom stereocenters. The van der Waals surface area contributed by atoms with Crippen LogP contribution in [-0.4, -0.2) is 34.9 Å². The van der Waals surface area contributed by atoms with Crippen LogP contribution in [0.2, 0.25) is 0 Å². The van der Waals surface area contributed by atoms with Gasteiger partial charge in [0.2, 0.25) is 0 Å². The lowest BCUT2D eigenvalue weighted by atomic mass is 10.1. The number of carbonyl (C=O) groups is 1. The maximum absolute atomic E-state index is 12.5. The molecule has 0 unspecified atom stereocenters. The Morgan fingerprint density at radius 3 is 2.86 bits per heavy atom. The number of nitrogens with zero attached hydrogens (tertiary/aromatic N) is 2. The summed E-state index contributed by atoms with van der Waals surface area (Å²) in [6.45, 7) is 3.87. The zero-order valence-corrected chi connectivity index (χ0v) is 15.8. The fourth-order valence-corrected chi connectivity index (χ4v) is 3.18. The molecule has 1 aliphatic heterocycles. The van der Waals surface area contributed by atoms with E-state index in [0.29, 0.717) is 25.1 Å². The minimum atomic E-state index is -0.0955. The Morgan fingerprint density at radius 2 is 2.04 bits per heavy atom. The van der Waals surface area contributed by atoms with Crippen LogP contribution in [0.25, 0.3) is 11.1 Å². The molecule has 1 aromatic heterocycles. The van der Waals surface area contributed by atoms with Crippen LogP contribution in [0.5, 0.6) is 11.5 Å². The summed E-state index contributed by atoms with van der Waals surface area (Å²) in [4.78, 5) is 12.5. The zero-order chi connectivity index (χ0) is 19.3. The van der Waals surface area contributed by atoms with E-state index in [-0.39, 0.29) is 12.0 Å². The summed E-state index contributed by atoms with van der Waals surface area (Å²) in [5, 5.41) is 7.26. The van der Waals surface area contributed by atoms with Gasteiger partial charge in [-0.2, -0.15) is 5.10 Å². The van der Waals surface area contributed by atoms with Crippen molar-refractivity contribution in [2.75, 3.05) is 13.2 Å². The van der Waals surface area contributed by atoms with Crippen LogP contribution in [0.3, 0.4) is 0 Å². The van der Waals surface area contributed by atoms with Crippen LogP contribution in [0.15, 0.2) is 60.9 Å². The number of rotatable bonds is 6. The Bertz CT molecular complexity index is 967. The van der Waals surface area contributed by atoms with Crippen LogP contribution in [0, 0.1) is 0 Å². The van der Waals surface area contributed by atoms with Gasteiger partial charge in [-0.1, -0.05) is 24.3 Å². The number of hydrogen-bond acceptors (Lipinski definition) is 4. The van der Waals surface area contributed by atoms with E-state index in [1.54, 1.807) is 0 Å². The van der Waals surface area contributed by atoms with Gasteiger partial charge in [0.25, 0.3) is 5.91 Å². The fraction of sp³-hybridized carbons (Fsp3) is 0.273. The number of benzene rings is 2. The van der Waals surface area contributed by atoms with Gasteiger partial charge in [0.05, 0.1) is 6.20 Å². The molecule has 4 rings (SSSR count). The molecule has 1 amide bonds. The number of fused-ring (bicyclic) bond motifs is 1. The van der Waals surface area contributed by atoms with Gasteiger partial charge in [-0.3, -0.25) is 9.48 Å². The highest BCUT2D eigenvalue weighted by atomic mass is 16.6. The van der Waals surface area contributed by atoms with E-state index in [9.17, 15) is 4.79 Å². The Hall–Kier alpha value is -3.28. The van der Waals surface area contributed by atoms with E-state index >= 15 is 0 Å². The predicted octanol–water partition coefficient (Wildman–Crippen LogP) is 3.53. The lowest BCUT2D eigenvalue weighted by Gasteiger charge is -2.26. The maximum atomic E-state index is 12.5. The second-order valence-corrected chi connectivity index (χ2v) is 6.71. The molecule has 0 fully saturated rings. The SMILES string of the molecule is CCn1cc(-c2cccc(C(=O)NCC[C@@H]3COc4ccccc4O3)c2)cn1.